The third-order valence-electron chi connectivity index (χ3n) is 4.76. The van der Waals surface area contributed by atoms with E-state index in [1.807, 2.05) is 30.0 Å². The first kappa shape index (κ1) is 30.5. The SMILES string of the molecule is C/C=C(\COC)OC(=O)OC.COc1ccc2c(CCN(C)C)cn(SOCC(C)(C)C=O)c2c1. The molecule has 0 atom stereocenters. The molecule has 0 bridgehead atoms. The quantitative estimate of drug-likeness (QED) is 0.174. The van der Waals surface area contributed by atoms with E-state index in [-0.39, 0.29) is 6.61 Å². The van der Waals surface area contributed by atoms with Crippen molar-refractivity contribution in [3.63, 3.8) is 0 Å². The van der Waals surface area contributed by atoms with Crippen molar-refractivity contribution in [2.24, 2.45) is 5.41 Å². The summed E-state index contributed by atoms with van der Waals surface area (Å²) >= 11 is 1.26. The van der Waals surface area contributed by atoms with Crippen LogP contribution in [0.5, 0.6) is 5.75 Å². The number of rotatable bonds is 12. The van der Waals surface area contributed by atoms with Crippen LogP contribution in [0, 0.1) is 5.41 Å². The lowest BCUT2D eigenvalue weighted by Gasteiger charge is -2.15. The normalized spacial score (nSPS) is 11.7. The molecule has 0 spiro atoms. The summed E-state index contributed by atoms with van der Waals surface area (Å²) in [6.45, 7) is 7.08. The van der Waals surface area contributed by atoms with E-state index in [9.17, 15) is 9.59 Å². The first-order valence-electron chi connectivity index (χ1n) is 11.1. The molecule has 1 aromatic carbocycles. The molecule has 0 amide bonds. The number of aldehydes is 1. The molecule has 0 aliphatic heterocycles. The fourth-order valence-electron chi connectivity index (χ4n) is 2.71. The van der Waals surface area contributed by atoms with Crippen LogP contribution in [-0.2, 0) is 29.6 Å². The van der Waals surface area contributed by atoms with E-state index in [0.29, 0.717) is 12.4 Å². The maximum absolute atomic E-state index is 11.0. The molecule has 0 unspecified atom stereocenters. The number of carbonyl (C=O) groups excluding carboxylic acids is 2. The van der Waals surface area contributed by atoms with Crippen molar-refractivity contribution in [1.29, 1.82) is 0 Å². The van der Waals surface area contributed by atoms with E-state index in [1.54, 1.807) is 20.1 Å². The largest absolute Gasteiger partial charge is 0.513 e. The summed E-state index contributed by atoms with van der Waals surface area (Å²) in [5.41, 5.74) is 1.84. The predicted molar refractivity (Wildman–Crippen MR) is 139 cm³/mol. The molecule has 0 N–H and O–H groups in total. The van der Waals surface area contributed by atoms with Crippen LogP contribution in [0.1, 0.15) is 26.3 Å². The van der Waals surface area contributed by atoms with Crippen LogP contribution in [0.2, 0.25) is 0 Å². The Kier molecular flexibility index (Phi) is 13.5. The Hall–Kier alpha value is -2.53. The zero-order valence-corrected chi connectivity index (χ0v) is 22.8. The lowest BCUT2D eigenvalue weighted by Crippen LogP contribution is -2.19. The monoisotopic (exact) mass is 510 g/mol. The number of methoxy groups -OCH3 is 3. The van der Waals surface area contributed by atoms with Crippen LogP contribution in [0.25, 0.3) is 10.9 Å². The Labute approximate surface area is 212 Å². The maximum Gasteiger partial charge on any atom is 0.513 e. The minimum atomic E-state index is -0.727. The smallest absolute Gasteiger partial charge is 0.497 e. The Bertz CT molecular complexity index is 970. The van der Waals surface area contributed by atoms with Gasteiger partial charge in [0.1, 0.15) is 36.6 Å². The topological polar surface area (TPSA) is 88.5 Å². The second-order valence-corrected chi connectivity index (χ2v) is 9.38. The molecular weight excluding hydrogens is 472 g/mol. The van der Waals surface area contributed by atoms with Gasteiger partial charge in [-0.1, -0.05) is 13.8 Å². The van der Waals surface area contributed by atoms with Gasteiger partial charge >= 0.3 is 6.16 Å². The van der Waals surface area contributed by atoms with Crippen LogP contribution in [0.15, 0.2) is 36.2 Å². The molecule has 35 heavy (non-hydrogen) atoms. The van der Waals surface area contributed by atoms with E-state index in [2.05, 4.69) is 40.7 Å². The van der Waals surface area contributed by atoms with Gasteiger partial charge in [0.25, 0.3) is 0 Å². The second kappa shape index (κ2) is 15.5. The summed E-state index contributed by atoms with van der Waals surface area (Å²) in [6.07, 6.45) is 4.90. The van der Waals surface area contributed by atoms with E-state index in [0.717, 1.165) is 30.5 Å². The number of fused-ring (bicyclic) bond motifs is 1. The maximum atomic E-state index is 11.0. The van der Waals surface area contributed by atoms with Crippen LogP contribution >= 0.6 is 12.2 Å². The van der Waals surface area contributed by atoms with Crippen molar-refractivity contribution in [3.05, 3.63) is 41.8 Å². The molecule has 1 aromatic heterocycles. The fraction of sp³-hybridized carbons (Fsp3) is 0.520. The summed E-state index contributed by atoms with van der Waals surface area (Å²) in [7, 11) is 8.58. The van der Waals surface area contributed by atoms with E-state index >= 15 is 0 Å². The second-order valence-electron chi connectivity index (χ2n) is 8.60. The van der Waals surface area contributed by atoms with Gasteiger partial charge in [-0.05, 0) is 51.2 Å². The van der Waals surface area contributed by atoms with Gasteiger partial charge in [-0.3, -0.25) is 8.16 Å². The van der Waals surface area contributed by atoms with E-state index in [4.69, 9.17) is 13.7 Å². The number of hydrogen-bond donors (Lipinski definition) is 0. The van der Waals surface area contributed by atoms with Crippen molar-refractivity contribution >= 4 is 35.6 Å². The Balaban J connectivity index is 0.000000471. The van der Waals surface area contributed by atoms with E-state index in [1.165, 1.54) is 37.4 Å². The highest BCUT2D eigenvalue weighted by Gasteiger charge is 2.18. The zero-order chi connectivity index (χ0) is 26.4. The summed E-state index contributed by atoms with van der Waals surface area (Å²) in [4.78, 5) is 23.7. The number of likely N-dealkylation sites (N-methyl/N-ethyl adjacent to an activating group) is 1. The van der Waals surface area contributed by atoms with Gasteiger partial charge in [-0.25, -0.2) is 4.79 Å². The number of hydrogen-bond acceptors (Lipinski definition) is 9. The molecule has 196 valence electrons. The first-order chi connectivity index (χ1) is 16.6. The average Bonchev–Trinajstić information content (AvgIpc) is 3.19. The minimum absolute atomic E-state index is 0.269. The molecule has 2 rings (SSSR count). The summed E-state index contributed by atoms with van der Waals surface area (Å²) in [5, 5.41) is 1.20. The number of nitrogens with zero attached hydrogens (tertiary/aromatic N) is 2. The van der Waals surface area contributed by atoms with Gasteiger partial charge in [0.05, 0.1) is 26.3 Å². The molecule has 0 saturated heterocycles. The average molecular weight is 511 g/mol. The summed E-state index contributed by atoms with van der Waals surface area (Å²) in [5.74, 6) is 1.26. The third kappa shape index (κ3) is 10.7. The predicted octanol–water partition coefficient (Wildman–Crippen LogP) is 4.73. The van der Waals surface area contributed by atoms with Crippen LogP contribution in [0.3, 0.4) is 0 Å². The standard InChI is InChI=1S/C18H26N2O3S.C7H12O4/c1-18(2,12-21)13-23-24-20-11-14(8-9-19(3)4)16-7-6-15(22-5)10-17(16)20;1-4-6(5-9-2)11-7(8)10-3/h6-7,10-12H,8-9,13H2,1-5H3;4H,5H2,1-3H3/b;6-4+. The minimum Gasteiger partial charge on any atom is -0.497 e. The number of carbonyl (C=O) groups is 2. The lowest BCUT2D eigenvalue weighted by atomic mass is 9.98. The van der Waals surface area contributed by atoms with Crippen molar-refractivity contribution < 1.29 is 32.7 Å². The van der Waals surface area contributed by atoms with Crippen molar-refractivity contribution in [3.8, 4) is 5.75 Å². The summed E-state index contributed by atoms with van der Waals surface area (Å²) < 4.78 is 26.7. The number of benzene rings is 1. The molecule has 0 aliphatic carbocycles. The van der Waals surface area contributed by atoms with Gasteiger partial charge in [-0.2, -0.15) is 0 Å². The van der Waals surface area contributed by atoms with E-state index < -0.39 is 11.6 Å². The number of aromatic nitrogens is 1. The highest BCUT2D eigenvalue weighted by Crippen LogP contribution is 2.30. The molecule has 10 heteroatoms. The van der Waals surface area contributed by atoms with Crippen LogP contribution < -0.4 is 4.74 Å². The van der Waals surface area contributed by atoms with Crippen molar-refractivity contribution in [2.75, 3.05) is 55.2 Å². The van der Waals surface area contributed by atoms with Crippen LogP contribution in [0.4, 0.5) is 4.79 Å². The lowest BCUT2D eigenvalue weighted by molar-refractivity contribution is -0.115. The molecule has 2 aromatic rings. The molecule has 9 nitrogen and oxygen atoms in total. The zero-order valence-electron chi connectivity index (χ0n) is 22.0. The number of ether oxygens (including phenoxy) is 4. The Morgan fingerprint density at radius 1 is 1.20 bits per heavy atom. The Morgan fingerprint density at radius 3 is 2.46 bits per heavy atom. The molecule has 0 saturated carbocycles. The molecule has 0 radical (unpaired) electrons. The van der Waals surface area contributed by atoms with Crippen molar-refractivity contribution in [2.45, 2.75) is 27.2 Å². The Morgan fingerprint density at radius 2 is 1.91 bits per heavy atom. The van der Waals surface area contributed by atoms with Crippen molar-refractivity contribution in [1.82, 2.24) is 8.87 Å². The molecular formula is C25H38N2O7S. The van der Waals surface area contributed by atoms with Gasteiger partial charge in [0.15, 0.2) is 0 Å². The van der Waals surface area contributed by atoms with Gasteiger partial charge in [0, 0.05) is 36.7 Å². The number of allylic oxidation sites excluding steroid dienone is 1. The van der Waals surface area contributed by atoms with Gasteiger partial charge < -0.3 is 28.6 Å². The van der Waals surface area contributed by atoms with Crippen LogP contribution in [-0.4, -0.2) is 76.5 Å². The highest BCUT2D eigenvalue weighted by atomic mass is 32.2. The first-order valence-corrected chi connectivity index (χ1v) is 11.8. The molecule has 0 aliphatic rings. The fourth-order valence-corrected chi connectivity index (χ4v) is 3.58. The van der Waals surface area contributed by atoms with Gasteiger partial charge in [0.2, 0.25) is 0 Å². The summed E-state index contributed by atoms with van der Waals surface area (Å²) in [6, 6.07) is 6.08. The highest BCUT2D eigenvalue weighted by molar-refractivity contribution is 7.93. The molecule has 0 fully saturated rings. The molecule has 1 heterocycles. The third-order valence-corrected chi connectivity index (χ3v) is 5.45. The van der Waals surface area contributed by atoms with Gasteiger partial charge in [-0.15, -0.1) is 0 Å².